The fourth-order valence-corrected chi connectivity index (χ4v) is 2.73. The number of rotatable bonds is 21. The number of carbonyl (C=O) groups is 2. The number of aliphatic imine (C=N–C) groups is 3. The van der Waals surface area contributed by atoms with E-state index in [1.807, 2.05) is 13.8 Å². The molecule has 0 rings (SSSR count). The van der Waals surface area contributed by atoms with Gasteiger partial charge in [-0.3, -0.25) is 15.0 Å². The van der Waals surface area contributed by atoms with Gasteiger partial charge in [0.1, 0.15) is 23.4 Å². The average molecular weight is 842 g/mol. The van der Waals surface area contributed by atoms with Gasteiger partial charge in [0.15, 0.2) is 0 Å². The SMILES string of the molecule is C.C.C.C=C(C)C(=O)OCCCO.C=NC(C)(C#N)CCC.C=NC(C)(C#N)CCC.C=NC(C)(C#N)CCOCOCCCOC(=O)C(=C)C.O=S(Cl)Cl. The predicted octanol–water partition coefficient (Wildman–Crippen LogP) is 8.84. The normalized spacial score (nSPS) is 12.1. The summed E-state index contributed by atoms with van der Waals surface area (Å²) < 4.78 is 29.0. The molecule has 0 aromatic rings. The number of nitrogens with zero attached hydrogens (tertiary/aromatic N) is 6. The number of hydrogen-bond acceptors (Lipinski definition) is 14. The molecular weight excluding hydrogens is 771 g/mol. The first kappa shape index (κ1) is 69.4. The van der Waals surface area contributed by atoms with E-state index in [2.05, 4.69) is 92.6 Å². The second kappa shape index (κ2) is 44.9. The van der Waals surface area contributed by atoms with Crippen LogP contribution in [0.5, 0.6) is 0 Å². The third-order valence-corrected chi connectivity index (χ3v) is 6.04. The number of nitriles is 3. The third kappa shape index (κ3) is 50.5. The Balaban J connectivity index is -0.0000000900. The van der Waals surface area contributed by atoms with Crippen LogP contribution in [0.15, 0.2) is 39.3 Å². The summed E-state index contributed by atoms with van der Waals surface area (Å²) in [4.78, 5) is 32.8. The molecule has 3 unspecified atom stereocenters. The molecule has 0 amide bonds. The van der Waals surface area contributed by atoms with E-state index in [4.69, 9.17) is 39.3 Å². The molecule has 0 aromatic carbocycles. The molecular formula is C38H70Cl2N6O8S. The molecule has 0 saturated heterocycles. The Morgan fingerprint density at radius 3 is 1.25 bits per heavy atom. The van der Waals surface area contributed by atoms with Crippen LogP contribution in [0.1, 0.15) is 116 Å². The Hall–Kier alpha value is -3.49. The lowest BCUT2D eigenvalue weighted by atomic mass is 10.00. The average Bonchev–Trinajstić information content (AvgIpc) is 3.11. The summed E-state index contributed by atoms with van der Waals surface area (Å²) in [5.41, 5.74) is -1.14. The second-order valence-electron chi connectivity index (χ2n) is 11.3. The number of hydrogen-bond donors (Lipinski definition) is 1. The van der Waals surface area contributed by atoms with Crippen molar-refractivity contribution in [3.05, 3.63) is 24.3 Å². The zero-order valence-corrected chi connectivity index (χ0v) is 34.2. The van der Waals surface area contributed by atoms with Crippen molar-refractivity contribution in [2.45, 2.75) is 132 Å². The summed E-state index contributed by atoms with van der Waals surface area (Å²) in [5.74, 6) is -0.789. The maximum absolute atomic E-state index is 11.0. The number of ether oxygens (including phenoxy) is 4. The Kier molecular flexibility index (Phi) is 56.7. The second-order valence-corrected chi connectivity index (χ2v) is 13.8. The Labute approximate surface area is 344 Å². The summed E-state index contributed by atoms with van der Waals surface area (Å²) in [5, 5.41) is 34.2. The lowest BCUT2D eigenvalue weighted by Crippen LogP contribution is -2.21. The molecule has 0 aromatic heterocycles. The molecule has 0 radical (unpaired) electrons. The van der Waals surface area contributed by atoms with Crippen LogP contribution in [0.4, 0.5) is 0 Å². The minimum absolute atomic E-state index is 0. The minimum atomic E-state index is -1.67. The number of halogens is 2. The molecule has 0 aliphatic heterocycles. The topological polar surface area (TPSA) is 217 Å². The van der Waals surface area contributed by atoms with Crippen molar-refractivity contribution in [2.24, 2.45) is 15.0 Å². The number of aliphatic hydroxyl groups is 1. The fraction of sp³-hybridized carbons (Fsp3) is 0.684. The standard InChI is InChI=1S/C14H22N2O4.2C7H12N2.C7H12O3.3CH4.Cl2OS/c1-12(2)13(17)20-8-5-7-18-11-19-9-6-14(3,10-15)16-4;2*1-4-5-7(2,6-8)9-3;1-6(2)7(9)10-5-3-4-8;;;;1-4(2)3/h1,4-9,11H2,2-3H3;2*3-5H2,1-2H3;8H,1,3-5H2,2H3;3*1H4;. The summed E-state index contributed by atoms with van der Waals surface area (Å²) in [7, 11) is 7.36. The van der Waals surface area contributed by atoms with Crippen molar-refractivity contribution in [3.8, 4) is 18.2 Å². The molecule has 1 N–H and O–H groups in total. The lowest BCUT2D eigenvalue weighted by molar-refractivity contribution is -0.140. The first-order chi connectivity index (χ1) is 24.2. The van der Waals surface area contributed by atoms with Crippen LogP contribution >= 0.6 is 21.4 Å². The number of carbonyl (C=O) groups excluding carboxylic acids is 2. The van der Waals surface area contributed by atoms with E-state index < -0.39 is 37.8 Å². The van der Waals surface area contributed by atoms with Crippen molar-refractivity contribution in [1.29, 1.82) is 15.8 Å². The predicted molar refractivity (Wildman–Crippen MR) is 230 cm³/mol. The minimum Gasteiger partial charge on any atom is -0.462 e. The van der Waals surface area contributed by atoms with Crippen molar-refractivity contribution in [3.63, 3.8) is 0 Å². The molecule has 0 heterocycles. The van der Waals surface area contributed by atoms with E-state index in [0.717, 1.165) is 25.7 Å². The zero-order valence-electron chi connectivity index (χ0n) is 31.9. The van der Waals surface area contributed by atoms with E-state index in [1.54, 1.807) is 34.6 Å². The molecule has 320 valence electrons. The summed E-state index contributed by atoms with van der Waals surface area (Å²) in [6.45, 7) is 31.0. The van der Waals surface area contributed by atoms with Crippen LogP contribution in [-0.4, -0.2) is 97.9 Å². The van der Waals surface area contributed by atoms with Crippen molar-refractivity contribution in [2.75, 3.05) is 39.8 Å². The van der Waals surface area contributed by atoms with Gasteiger partial charge in [-0.05, 0) is 67.6 Å². The maximum atomic E-state index is 11.0. The smallest absolute Gasteiger partial charge is 0.333 e. The highest BCUT2D eigenvalue weighted by atomic mass is 36.0. The Morgan fingerprint density at radius 2 is 1.00 bits per heavy atom. The molecule has 55 heavy (non-hydrogen) atoms. The van der Waals surface area contributed by atoms with Gasteiger partial charge in [-0.15, -0.1) is 0 Å². The van der Waals surface area contributed by atoms with Gasteiger partial charge < -0.3 is 24.1 Å². The molecule has 0 aliphatic rings. The van der Waals surface area contributed by atoms with Crippen molar-refractivity contribution < 1.29 is 37.9 Å². The van der Waals surface area contributed by atoms with Crippen molar-refractivity contribution in [1.82, 2.24) is 0 Å². The molecule has 14 nitrogen and oxygen atoms in total. The number of aliphatic hydroxyl groups excluding tert-OH is 1. The molecule has 0 saturated carbocycles. The van der Waals surface area contributed by atoms with Crippen LogP contribution in [-0.2, 0) is 37.8 Å². The summed E-state index contributed by atoms with van der Waals surface area (Å²) in [6, 6.07) is 6.26. The van der Waals surface area contributed by atoms with Gasteiger partial charge in [-0.25, -0.2) is 13.8 Å². The van der Waals surface area contributed by atoms with Crippen LogP contribution in [0.2, 0.25) is 0 Å². The van der Waals surface area contributed by atoms with Crippen LogP contribution in [0.3, 0.4) is 0 Å². The molecule has 17 heteroatoms. The van der Waals surface area contributed by atoms with Gasteiger partial charge in [0.05, 0.1) is 44.6 Å². The molecule has 0 bridgehead atoms. The van der Waals surface area contributed by atoms with Crippen molar-refractivity contribution >= 4 is 62.7 Å². The fourth-order valence-electron chi connectivity index (χ4n) is 2.73. The highest BCUT2D eigenvalue weighted by molar-refractivity contribution is 8.26. The highest BCUT2D eigenvalue weighted by Gasteiger charge is 2.20. The van der Waals surface area contributed by atoms with E-state index in [-0.39, 0.29) is 42.3 Å². The first-order valence-electron chi connectivity index (χ1n) is 16.1. The summed E-state index contributed by atoms with van der Waals surface area (Å²) >= 11 is 0. The monoisotopic (exact) mass is 840 g/mol. The van der Waals surface area contributed by atoms with Gasteiger partial charge in [0.2, 0.25) is 9.23 Å². The Morgan fingerprint density at radius 1 is 0.691 bits per heavy atom. The lowest BCUT2D eigenvalue weighted by Gasteiger charge is -2.15. The van der Waals surface area contributed by atoms with E-state index in [9.17, 15) is 9.59 Å². The van der Waals surface area contributed by atoms with Gasteiger partial charge >= 0.3 is 11.9 Å². The quantitative estimate of drug-likeness (QED) is 0.0287. The molecule has 3 atom stereocenters. The van der Waals surface area contributed by atoms with Gasteiger partial charge in [-0.2, -0.15) is 15.8 Å². The van der Waals surface area contributed by atoms with Crippen LogP contribution < -0.4 is 0 Å². The summed E-state index contributed by atoms with van der Waals surface area (Å²) in [6.07, 6.45) is 5.09. The van der Waals surface area contributed by atoms with Gasteiger partial charge in [0.25, 0.3) is 0 Å². The van der Waals surface area contributed by atoms with E-state index in [0.29, 0.717) is 50.2 Å². The highest BCUT2D eigenvalue weighted by Crippen LogP contribution is 2.15. The van der Waals surface area contributed by atoms with Gasteiger partial charge in [0, 0.05) is 58.4 Å². The molecule has 0 aliphatic carbocycles. The Bertz CT molecular complexity index is 1180. The molecule has 0 spiro atoms. The van der Waals surface area contributed by atoms with Crippen LogP contribution in [0, 0.1) is 34.0 Å². The largest absolute Gasteiger partial charge is 0.462 e. The van der Waals surface area contributed by atoms with Gasteiger partial charge in [-0.1, -0.05) is 62.1 Å². The maximum Gasteiger partial charge on any atom is 0.333 e. The number of esters is 2. The first-order valence-corrected chi connectivity index (χ1v) is 18.9. The van der Waals surface area contributed by atoms with Crippen LogP contribution in [0.25, 0.3) is 0 Å². The van der Waals surface area contributed by atoms with E-state index in [1.165, 1.54) is 0 Å². The zero-order chi connectivity index (χ0) is 41.7. The van der Waals surface area contributed by atoms with E-state index >= 15 is 0 Å². The third-order valence-electron chi connectivity index (χ3n) is 6.04. The molecule has 0 fully saturated rings.